The molecule has 0 aliphatic rings. The zero-order valence-corrected chi connectivity index (χ0v) is 22.4. The van der Waals surface area contributed by atoms with Crippen LogP contribution in [0, 0.1) is 0 Å². The zero-order valence-electron chi connectivity index (χ0n) is 21.4. The summed E-state index contributed by atoms with van der Waals surface area (Å²) in [5, 5.41) is 21.6. The summed E-state index contributed by atoms with van der Waals surface area (Å²) in [6, 6.07) is 29.9. The van der Waals surface area contributed by atoms with E-state index in [9.17, 15) is 15.0 Å². The van der Waals surface area contributed by atoms with Crippen LogP contribution in [-0.4, -0.2) is 48.8 Å². The molecule has 0 heterocycles. The van der Waals surface area contributed by atoms with Crippen molar-refractivity contribution in [1.82, 2.24) is 4.90 Å². The zero-order chi connectivity index (χ0) is 26.0. The Morgan fingerprint density at radius 3 is 1.83 bits per heavy atom. The van der Waals surface area contributed by atoms with Gasteiger partial charge in [0.1, 0.15) is 0 Å². The maximum atomic E-state index is 12.4. The fraction of sp³-hybridized carbons (Fsp3) is 0.300. The van der Waals surface area contributed by atoms with E-state index in [0.717, 1.165) is 15.9 Å². The Kier molecular flexibility index (Phi) is 9.64. The molecule has 0 radical (unpaired) electrons. The Bertz CT molecular complexity index is 1060. The quantitative estimate of drug-likeness (QED) is 0.284. The van der Waals surface area contributed by atoms with Crippen molar-refractivity contribution in [2.45, 2.75) is 44.8 Å². The summed E-state index contributed by atoms with van der Waals surface area (Å²) in [5.74, 6) is 0. The third kappa shape index (κ3) is 6.52. The van der Waals surface area contributed by atoms with Gasteiger partial charge in [0.2, 0.25) is 0 Å². The Labute approximate surface area is 215 Å². The molecule has 36 heavy (non-hydrogen) atoms. The van der Waals surface area contributed by atoms with Gasteiger partial charge >= 0.3 is 6.09 Å². The molecule has 0 saturated heterocycles. The Hall–Kier alpha value is -3.19. The standard InChI is InChI=1S/C30H37NO4Si/c1-30(2,3)36(27-18-9-5-10-19-27,28-20-11-6-12-21-28)35-24-26(17-13-14-22-32)31(29(33)34)23-25-15-7-4-8-16-25/h4-16,18-21,26,32H,17,22-24H2,1-3H3,(H,33,34)/b14-13-/t26-/m0/s1. The Morgan fingerprint density at radius 2 is 1.39 bits per heavy atom. The van der Waals surface area contributed by atoms with E-state index in [0.29, 0.717) is 6.42 Å². The van der Waals surface area contributed by atoms with Crippen LogP contribution < -0.4 is 10.4 Å². The largest absolute Gasteiger partial charge is 0.465 e. The molecule has 190 valence electrons. The normalized spacial score (nSPS) is 13.0. The van der Waals surface area contributed by atoms with Crippen LogP contribution in [-0.2, 0) is 11.0 Å². The van der Waals surface area contributed by atoms with Crippen LogP contribution in [0.15, 0.2) is 103 Å². The lowest BCUT2D eigenvalue weighted by Gasteiger charge is -2.44. The highest BCUT2D eigenvalue weighted by Crippen LogP contribution is 2.37. The fourth-order valence-corrected chi connectivity index (χ4v) is 9.33. The highest BCUT2D eigenvalue weighted by molar-refractivity contribution is 6.99. The lowest BCUT2D eigenvalue weighted by atomic mass is 10.1. The number of aliphatic hydroxyl groups excluding tert-OH is 1. The molecule has 5 nitrogen and oxygen atoms in total. The molecular weight excluding hydrogens is 466 g/mol. The molecule has 3 rings (SSSR count). The van der Waals surface area contributed by atoms with Crippen LogP contribution in [0.4, 0.5) is 4.79 Å². The predicted octanol–water partition coefficient (Wildman–Crippen LogP) is 5.05. The smallest absolute Gasteiger partial charge is 0.407 e. The Balaban J connectivity index is 2.04. The monoisotopic (exact) mass is 503 g/mol. The molecule has 0 fully saturated rings. The summed E-state index contributed by atoms with van der Waals surface area (Å²) < 4.78 is 7.07. The third-order valence-electron chi connectivity index (χ3n) is 6.47. The van der Waals surface area contributed by atoms with Crippen molar-refractivity contribution in [2.75, 3.05) is 13.2 Å². The van der Waals surface area contributed by atoms with Gasteiger partial charge in [-0.3, -0.25) is 4.90 Å². The predicted molar refractivity (Wildman–Crippen MR) is 148 cm³/mol. The molecule has 1 atom stereocenters. The second kappa shape index (κ2) is 12.7. The minimum absolute atomic E-state index is 0.0892. The van der Waals surface area contributed by atoms with Gasteiger partial charge in [-0.05, 0) is 27.4 Å². The van der Waals surface area contributed by atoms with Crippen molar-refractivity contribution in [3.63, 3.8) is 0 Å². The first-order valence-electron chi connectivity index (χ1n) is 12.3. The first kappa shape index (κ1) is 27.4. The van der Waals surface area contributed by atoms with E-state index >= 15 is 0 Å². The number of carboxylic acid groups (broad SMARTS) is 1. The number of rotatable bonds is 11. The average molecular weight is 504 g/mol. The fourth-order valence-electron chi connectivity index (χ4n) is 4.73. The highest BCUT2D eigenvalue weighted by atomic mass is 28.4. The molecule has 0 aliphatic heterocycles. The van der Waals surface area contributed by atoms with Gasteiger partial charge in [0.05, 0.1) is 19.3 Å². The number of aliphatic hydroxyl groups is 1. The van der Waals surface area contributed by atoms with Crippen molar-refractivity contribution in [2.24, 2.45) is 0 Å². The highest BCUT2D eigenvalue weighted by Gasteiger charge is 2.50. The Morgan fingerprint density at radius 1 is 0.889 bits per heavy atom. The summed E-state index contributed by atoms with van der Waals surface area (Å²) in [5.41, 5.74) is 0.918. The van der Waals surface area contributed by atoms with Gasteiger partial charge < -0.3 is 14.6 Å². The van der Waals surface area contributed by atoms with Crippen LogP contribution in [0.3, 0.4) is 0 Å². The summed E-state index contributed by atoms with van der Waals surface area (Å²) in [6.07, 6.45) is 2.93. The van der Waals surface area contributed by atoms with Gasteiger partial charge in [-0.15, -0.1) is 0 Å². The van der Waals surface area contributed by atoms with E-state index in [1.165, 1.54) is 4.90 Å². The van der Waals surface area contributed by atoms with Gasteiger partial charge in [-0.1, -0.05) is 124 Å². The van der Waals surface area contributed by atoms with Crippen LogP contribution in [0.2, 0.25) is 5.04 Å². The number of hydrogen-bond donors (Lipinski definition) is 2. The summed E-state index contributed by atoms with van der Waals surface area (Å²) in [4.78, 5) is 13.9. The van der Waals surface area contributed by atoms with E-state index in [1.54, 1.807) is 6.08 Å². The van der Waals surface area contributed by atoms with Gasteiger partial charge in [-0.25, -0.2) is 4.79 Å². The minimum Gasteiger partial charge on any atom is -0.465 e. The molecule has 2 N–H and O–H groups in total. The van der Waals surface area contributed by atoms with Crippen LogP contribution in [0.5, 0.6) is 0 Å². The lowest BCUT2D eigenvalue weighted by Crippen LogP contribution is -2.67. The molecule has 0 bridgehead atoms. The second-order valence-electron chi connectivity index (χ2n) is 9.91. The molecule has 3 aromatic rings. The molecule has 0 aliphatic carbocycles. The first-order chi connectivity index (χ1) is 17.3. The van der Waals surface area contributed by atoms with E-state index in [-0.39, 0.29) is 24.8 Å². The van der Waals surface area contributed by atoms with E-state index in [1.807, 2.05) is 72.8 Å². The van der Waals surface area contributed by atoms with Crippen molar-refractivity contribution in [1.29, 1.82) is 0 Å². The lowest BCUT2D eigenvalue weighted by molar-refractivity contribution is 0.0974. The first-order valence-corrected chi connectivity index (χ1v) is 14.2. The molecule has 0 saturated carbocycles. The van der Waals surface area contributed by atoms with Gasteiger partial charge in [0, 0.05) is 6.54 Å². The molecule has 0 unspecified atom stereocenters. The van der Waals surface area contributed by atoms with Crippen molar-refractivity contribution < 1.29 is 19.4 Å². The van der Waals surface area contributed by atoms with Gasteiger partial charge in [0.25, 0.3) is 8.32 Å². The van der Waals surface area contributed by atoms with Crippen LogP contribution >= 0.6 is 0 Å². The molecule has 3 aromatic carbocycles. The third-order valence-corrected chi connectivity index (χ3v) is 11.5. The van der Waals surface area contributed by atoms with E-state index < -0.39 is 20.5 Å². The number of carbonyl (C=O) groups is 1. The maximum absolute atomic E-state index is 12.4. The van der Waals surface area contributed by atoms with Gasteiger partial charge in [-0.2, -0.15) is 0 Å². The maximum Gasteiger partial charge on any atom is 0.407 e. The van der Waals surface area contributed by atoms with E-state index in [4.69, 9.17) is 4.43 Å². The number of nitrogens with zero attached hydrogens (tertiary/aromatic N) is 1. The molecular formula is C30H37NO4Si. The summed E-state index contributed by atoms with van der Waals surface area (Å²) in [6.45, 7) is 7.03. The van der Waals surface area contributed by atoms with Crippen LogP contribution in [0.25, 0.3) is 0 Å². The summed E-state index contributed by atoms with van der Waals surface area (Å²) >= 11 is 0. The topological polar surface area (TPSA) is 70.0 Å². The molecule has 0 spiro atoms. The molecule has 0 aromatic heterocycles. The van der Waals surface area contributed by atoms with Crippen molar-refractivity contribution >= 4 is 24.8 Å². The van der Waals surface area contributed by atoms with Crippen LogP contribution in [0.1, 0.15) is 32.8 Å². The SMILES string of the molecule is CC(C)(C)[Si](OC[C@H](C/C=C\CO)N(Cc1ccccc1)C(=O)O)(c1ccccc1)c1ccccc1. The summed E-state index contributed by atoms with van der Waals surface area (Å²) in [7, 11) is -2.83. The number of hydrogen-bond acceptors (Lipinski definition) is 3. The van der Waals surface area contributed by atoms with E-state index in [2.05, 4.69) is 45.0 Å². The number of amides is 1. The molecule has 6 heteroatoms. The molecule has 1 amide bonds. The number of benzene rings is 3. The average Bonchev–Trinajstić information content (AvgIpc) is 2.88. The second-order valence-corrected chi connectivity index (χ2v) is 14.2. The van der Waals surface area contributed by atoms with Gasteiger partial charge in [0.15, 0.2) is 0 Å². The minimum atomic E-state index is -2.83. The van der Waals surface area contributed by atoms with Crippen molar-refractivity contribution in [3.8, 4) is 0 Å². The van der Waals surface area contributed by atoms with Crippen molar-refractivity contribution in [3.05, 3.63) is 109 Å².